The molecule has 0 unspecified atom stereocenters. The van der Waals surface area contributed by atoms with Crippen LogP contribution in [0.1, 0.15) is 15.4 Å². The van der Waals surface area contributed by atoms with Crippen molar-refractivity contribution in [1.82, 2.24) is 10.2 Å². The molecule has 0 bridgehead atoms. The van der Waals surface area contributed by atoms with Crippen molar-refractivity contribution in [2.45, 2.75) is 11.8 Å². The molecule has 0 fully saturated rings. The molecule has 0 spiro atoms. The van der Waals surface area contributed by atoms with Gasteiger partial charge in [0.05, 0.1) is 10.7 Å². The van der Waals surface area contributed by atoms with E-state index >= 15 is 0 Å². The number of rotatable bonds is 7. The minimum atomic E-state index is -0.521. The molecule has 0 aliphatic rings. The Bertz CT molecular complexity index is 1040. The first-order chi connectivity index (χ1) is 13.9. The summed E-state index contributed by atoms with van der Waals surface area (Å²) in [5, 5.41) is 25.0. The number of carbonyl (C=O) groups excluding carboxylic acids is 2. The van der Waals surface area contributed by atoms with Crippen LogP contribution in [0.25, 0.3) is 0 Å². The SMILES string of the molecule is Cc1nnc(NC(=O)CSc2ccc(NC(=O)c3ccc([N+](=O)[O-])cc3)cc2)s1. The van der Waals surface area contributed by atoms with Crippen LogP contribution in [-0.2, 0) is 4.79 Å². The van der Waals surface area contributed by atoms with Crippen LogP contribution in [0, 0.1) is 17.0 Å². The zero-order chi connectivity index (χ0) is 20.8. The highest BCUT2D eigenvalue weighted by atomic mass is 32.2. The molecule has 0 aliphatic heterocycles. The smallest absolute Gasteiger partial charge is 0.269 e. The Morgan fingerprint density at radius 2 is 1.76 bits per heavy atom. The third-order valence-corrected chi connectivity index (χ3v) is 5.36. The maximum atomic E-state index is 12.2. The highest BCUT2D eigenvalue weighted by molar-refractivity contribution is 8.00. The number of hydrogen-bond acceptors (Lipinski definition) is 8. The minimum absolute atomic E-state index is 0.0757. The zero-order valence-corrected chi connectivity index (χ0v) is 16.8. The molecule has 1 aromatic heterocycles. The lowest BCUT2D eigenvalue weighted by atomic mass is 10.2. The molecule has 11 heteroatoms. The van der Waals surface area contributed by atoms with Gasteiger partial charge in [0, 0.05) is 28.3 Å². The van der Waals surface area contributed by atoms with E-state index in [-0.39, 0.29) is 23.3 Å². The van der Waals surface area contributed by atoms with Crippen LogP contribution < -0.4 is 10.6 Å². The second-order valence-electron chi connectivity index (χ2n) is 5.75. The van der Waals surface area contributed by atoms with Crippen molar-refractivity contribution >= 4 is 51.4 Å². The average molecular weight is 429 g/mol. The number of nitrogens with zero attached hydrogens (tertiary/aromatic N) is 3. The first-order valence-corrected chi connectivity index (χ1v) is 10.1. The number of nitro groups is 1. The van der Waals surface area contributed by atoms with Crippen molar-refractivity contribution in [3.8, 4) is 0 Å². The van der Waals surface area contributed by atoms with Gasteiger partial charge in [-0.05, 0) is 43.3 Å². The van der Waals surface area contributed by atoms with E-state index in [0.29, 0.717) is 16.4 Å². The van der Waals surface area contributed by atoms with Crippen LogP contribution in [-0.4, -0.2) is 32.7 Å². The fourth-order valence-corrected chi connectivity index (χ4v) is 3.53. The number of benzene rings is 2. The predicted molar refractivity (Wildman–Crippen MR) is 111 cm³/mol. The van der Waals surface area contributed by atoms with Crippen molar-refractivity contribution in [3.05, 3.63) is 69.2 Å². The number of thioether (sulfide) groups is 1. The van der Waals surface area contributed by atoms with Crippen LogP contribution >= 0.6 is 23.1 Å². The molecule has 148 valence electrons. The summed E-state index contributed by atoms with van der Waals surface area (Å²) in [6.07, 6.45) is 0. The molecule has 3 rings (SSSR count). The average Bonchev–Trinajstić information content (AvgIpc) is 3.12. The van der Waals surface area contributed by atoms with Crippen molar-refractivity contribution in [2.24, 2.45) is 0 Å². The topological polar surface area (TPSA) is 127 Å². The first kappa shape index (κ1) is 20.4. The fourth-order valence-electron chi connectivity index (χ4n) is 2.22. The first-order valence-electron chi connectivity index (χ1n) is 8.29. The van der Waals surface area contributed by atoms with E-state index in [1.54, 1.807) is 24.3 Å². The maximum absolute atomic E-state index is 12.2. The van der Waals surface area contributed by atoms with Gasteiger partial charge < -0.3 is 5.32 Å². The van der Waals surface area contributed by atoms with E-state index in [1.807, 2.05) is 6.92 Å². The minimum Gasteiger partial charge on any atom is -0.322 e. The number of aryl methyl sites for hydroxylation is 1. The summed E-state index contributed by atoms with van der Waals surface area (Å²) in [6.45, 7) is 1.81. The number of carbonyl (C=O) groups is 2. The third-order valence-electron chi connectivity index (χ3n) is 3.59. The monoisotopic (exact) mass is 429 g/mol. The number of amides is 2. The quantitative estimate of drug-likeness (QED) is 0.333. The van der Waals surface area contributed by atoms with Gasteiger partial charge in [0.2, 0.25) is 11.0 Å². The lowest BCUT2D eigenvalue weighted by Crippen LogP contribution is -2.13. The molecule has 2 aromatic carbocycles. The van der Waals surface area contributed by atoms with Crippen molar-refractivity contribution in [3.63, 3.8) is 0 Å². The normalized spacial score (nSPS) is 10.4. The number of hydrogen-bond donors (Lipinski definition) is 2. The molecular formula is C18H15N5O4S2. The molecule has 2 N–H and O–H groups in total. The molecule has 0 atom stereocenters. The van der Waals surface area contributed by atoms with Crippen molar-refractivity contribution < 1.29 is 14.5 Å². The Morgan fingerprint density at radius 3 is 2.34 bits per heavy atom. The van der Waals surface area contributed by atoms with Gasteiger partial charge in [-0.25, -0.2) is 0 Å². The summed E-state index contributed by atoms with van der Waals surface area (Å²) in [5.41, 5.74) is 0.817. The summed E-state index contributed by atoms with van der Waals surface area (Å²) in [6, 6.07) is 12.4. The summed E-state index contributed by atoms with van der Waals surface area (Å²) in [5.74, 6) is -0.332. The second kappa shape index (κ2) is 9.26. The van der Waals surface area contributed by atoms with E-state index in [4.69, 9.17) is 0 Å². The van der Waals surface area contributed by atoms with Crippen LogP contribution in [0.4, 0.5) is 16.5 Å². The highest BCUT2D eigenvalue weighted by Gasteiger charge is 2.10. The van der Waals surface area contributed by atoms with Crippen LogP contribution in [0.2, 0.25) is 0 Å². The second-order valence-corrected chi connectivity index (χ2v) is 7.98. The Balaban J connectivity index is 1.51. The highest BCUT2D eigenvalue weighted by Crippen LogP contribution is 2.22. The van der Waals surface area contributed by atoms with E-state index in [0.717, 1.165) is 9.90 Å². The van der Waals surface area contributed by atoms with E-state index in [1.165, 1.54) is 47.4 Å². The molecule has 0 aliphatic carbocycles. The number of nitro benzene ring substituents is 1. The standard InChI is InChI=1S/C18H15N5O4S2/c1-11-21-22-18(29-11)20-16(24)10-28-15-8-4-13(5-9-15)19-17(25)12-2-6-14(7-3-12)23(26)27/h2-9H,10H2,1H3,(H,19,25)(H,20,22,24). The van der Waals surface area contributed by atoms with Gasteiger partial charge in [-0.1, -0.05) is 11.3 Å². The molecule has 9 nitrogen and oxygen atoms in total. The van der Waals surface area contributed by atoms with Gasteiger partial charge in [-0.15, -0.1) is 22.0 Å². The van der Waals surface area contributed by atoms with Gasteiger partial charge in [0.25, 0.3) is 11.6 Å². The van der Waals surface area contributed by atoms with Gasteiger partial charge in [-0.3, -0.25) is 25.0 Å². The Morgan fingerprint density at radius 1 is 1.07 bits per heavy atom. The largest absolute Gasteiger partial charge is 0.322 e. The van der Waals surface area contributed by atoms with Crippen LogP contribution in [0.15, 0.2) is 53.4 Å². The lowest BCUT2D eigenvalue weighted by Gasteiger charge is -2.07. The molecule has 0 radical (unpaired) electrons. The Labute approximate surface area is 173 Å². The molecule has 29 heavy (non-hydrogen) atoms. The van der Waals surface area contributed by atoms with Gasteiger partial charge in [-0.2, -0.15) is 0 Å². The lowest BCUT2D eigenvalue weighted by molar-refractivity contribution is -0.384. The van der Waals surface area contributed by atoms with Gasteiger partial charge in [0.1, 0.15) is 5.01 Å². The van der Waals surface area contributed by atoms with E-state index in [2.05, 4.69) is 20.8 Å². The number of non-ortho nitro benzene ring substituents is 1. The molecule has 1 heterocycles. The summed E-state index contributed by atoms with van der Waals surface area (Å²) in [4.78, 5) is 35.2. The summed E-state index contributed by atoms with van der Waals surface area (Å²) < 4.78 is 0. The molecule has 0 saturated heterocycles. The summed E-state index contributed by atoms with van der Waals surface area (Å²) >= 11 is 2.66. The van der Waals surface area contributed by atoms with Crippen LogP contribution in [0.5, 0.6) is 0 Å². The van der Waals surface area contributed by atoms with Crippen molar-refractivity contribution in [1.29, 1.82) is 0 Å². The molecule has 2 amide bonds. The van der Waals surface area contributed by atoms with E-state index < -0.39 is 4.92 Å². The van der Waals surface area contributed by atoms with Gasteiger partial charge >= 0.3 is 0 Å². The number of anilines is 2. The number of nitrogens with one attached hydrogen (secondary N) is 2. The predicted octanol–water partition coefficient (Wildman–Crippen LogP) is 3.74. The molecule has 3 aromatic rings. The fraction of sp³-hybridized carbons (Fsp3) is 0.111. The Hall–Kier alpha value is -3.31. The maximum Gasteiger partial charge on any atom is 0.269 e. The van der Waals surface area contributed by atoms with Crippen LogP contribution in [0.3, 0.4) is 0 Å². The summed E-state index contributed by atoms with van der Waals surface area (Å²) in [7, 11) is 0. The number of aromatic nitrogens is 2. The Kier molecular flexibility index (Phi) is 6.52. The third kappa shape index (κ3) is 5.83. The zero-order valence-electron chi connectivity index (χ0n) is 15.1. The molecule has 0 saturated carbocycles. The van der Waals surface area contributed by atoms with E-state index in [9.17, 15) is 19.7 Å². The van der Waals surface area contributed by atoms with Gasteiger partial charge in [0.15, 0.2) is 0 Å². The molecular weight excluding hydrogens is 414 g/mol. The van der Waals surface area contributed by atoms with Crippen molar-refractivity contribution in [2.75, 3.05) is 16.4 Å².